The topological polar surface area (TPSA) is 29.1 Å². The summed E-state index contributed by atoms with van der Waals surface area (Å²) in [6.45, 7) is 13.1. The molecule has 1 N–H and O–H groups in total. The Morgan fingerprint density at radius 2 is 1.68 bits per heavy atom. The van der Waals surface area contributed by atoms with E-state index in [1.807, 2.05) is 13.8 Å². The van der Waals surface area contributed by atoms with E-state index in [0.29, 0.717) is 12.3 Å². The molecule has 0 saturated heterocycles. The zero-order chi connectivity index (χ0) is 14.6. The second-order valence-corrected chi connectivity index (χ2v) is 6.65. The molecule has 0 aliphatic heterocycles. The Bertz CT molecular complexity index is 412. The van der Waals surface area contributed by atoms with Crippen molar-refractivity contribution >= 4 is 5.78 Å². The van der Waals surface area contributed by atoms with Crippen LogP contribution in [0.15, 0.2) is 24.3 Å². The first-order valence-corrected chi connectivity index (χ1v) is 7.06. The van der Waals surface area contributed by atoms with Crippen LogP contribution in [0.4, 0.5) is 0 Å². The first-order chi connectivity index (χ1) is 8.70. The van der Waals surface area contributed by atoms with E-state index in [-0.39, 0.29) is 17.4 Å². The molecule has 1 aromatic carbocycles. The minimum Gasteiger partial charge on any atom is -0.311 e. The molecule has 0 heterocycles. The molecule has 2 nitrogen and oxygen atoms in total. The fourth-order valence-electron chi connectivity index (χ4n) is 1.99. The van der Waals surface area contributed by atoms with Crippen LogP contribution in [0, 0.1) is 12.8 Å². The second-order valence-electron chi connectivity index (χ2n) is 6.65. The molecule has 19 heavy (non-hydrogen) atoms. The number of hydrogen-bond donors (Lipinski definition) is 1. The molecule has 0 saturated carbocycles. The molecule has 0 aliphatic rings. The van der Waals surface area contributed by atoms with Gasteiger partial charge in [-0.15, -0.1) is 0 Å². The molecule has 0 bridgehead atoms. The van der Waals surface area contributed by atoms with E-state index in [4.69, 9.17) is 0 Å². The Kier molecular flexibility index (Phi) is 5.30. The SMILES string of the molecule is Cc1ccc([C@@H](CNC(C)(C)C)C(=O)C(C)C)cc1. The summed E-state index contributed by atoms with van der Waals surface area (Å²) in [6.07, 6.45) is 0. The molecule has 0 aromatic heterocycles. The van der Waals surface area contributed by atoms with Gasteiger partial charge in [-0.25, -0.2) is 0 Å². The van der Waals surface area contributed by atoms with Gasteiger partial charge in [0.1, 0.15) is 5.78 Å². The lowest BCUT2D eigenvalue weighted by atomic mass is 9.88. The summed E-state index contributed by atoms with van der Waals surface area (Å²) in [6, 6.07) is 8.30. The number of nitrogens with one attached hydrogen (secondary N) is 1. The predicted octanol–water partition coefficient (Wildman–Crippen LogP) is 3.69. The lowest BCUT2D eigenvalue weighted by molar-refractivity contribution is -0.123. The molecule has 0 aliphatic carbocycles. The molecule has 2 heteroatoms. The van der Waals surface area contributed by atoms with E-state index < -0.39 is 0 Å². The summed E-state index contributed by atoms with van der Waals surface area (Å²) in [4.78, 5) is 12.4. The summed E-state index contributed by atoms with van der Waals surface area (Å²) in [7, 11) is 0. The van der Waals surface area contributed by atoms with Crippen molar-refractivity contribution in [3.63, 3.8) is 0 Å². The summed E-state index contributed by atoms with van der Waals surface area (Å²) >= 11 is 0. The number of benzene rings is 1. The van der Waals surface area contributed by atoms with Crippen LogP contribution in [-0.2, 0) is 4.79 Å². The molecule has 106 valence electrons. The third-order valence-corrected chi connectivity index (χ3v) is 3.23. The molecular formula is C17H27NO. The maximum Gasteiger partial charge on any atom is 0.144 e. The van der Waals surface area contributed by atoms with Crippen molar-refractivity contribution in [1.29, 1.82) is 0 Å². The van der Waals surface area contributed by atoms with Crippen LogP contribution in [-0.4, -0.2) is 17.9 Å². The maximum absolute atomic E-state index is 12.4. The molecule has 0 fully saturated rings. The fourth-order valence-corrected chi connectivity index (χ4v) is 1.99. The van der Waals surface area contributed by atoms with Gasteiger partial charge in [0.2, 0.25) is 0 Å². The van der Waals surface area contributed by atoms with Crippen LogP contribution in [0.25, 0.3) is 0 Å². The van der Waals surface area contributed by atoms with Crippen molar-refractivity contribution in [3.05, 3.63) is 35.4 Å². The van der Waals surface area contributed by atoms with Gasteiger partial charge in [-0.2, -0.15) is 0 Å². The van der Waals surface area contributed by atoms with Crippen molar-refractivity contribution in [1.82, 2.24) is 5.32 Å². The van der Waals surface area contributed by atoms with E-state index in [2.05, 4.69) is 57.3 Å². The fraction of sp³-hybridized carbons (Fsp3) is 0.588. The van der Waals surface area contributed by atoms with Crippen LogP contribution in [0.2, 0.25) is 0 Å². The highest BCUT2D eigenvalue weighted by molar-refractivity contribution is 5.87. The van der Waals surface area contributed by atoms with Crippen LogP contribution >= 0.6 is 0 Å². The molecule has 0 radical (unpaired) electrons. The zero-order valence-electron chi connectivity index (χ0n) is 13.1. The van der Waals surface area contributed by atoms with Crippen LogP contribution < -0.4 is 5.32 Å². The van der Waals surface area contributed by atoms with Gasteiger partial charge in [0.15, 0.2) is 0 Å². The number of carbonyl (C=O) groups excluding carboxylic acids is 1. The smallest absolute Gasteiger partial charge is 0.144 e. The van der Waals surface area contributed by atoms with Gasteiger partial charge in [0.05, 0.1) is 5.92 Å². The summed E-state index contributed by atoms with van der Waals surface area (Å²) in [5.41, 5.74) is 2.37. The van der Waals surface area contributed by atoms with Gasteiger partial charge < -0.3 is 5.32 Å². The van der Waals surface area contributed by atoms with Crippen molar-refractivity contribution < 1.29 is 4.79 Å². The van der Waals surface area contributed by atoms with Crippen LogP contribution in [0.1, 0.15) is 51.7 Å². The average Bonchev–Trinajstić information content (AvgIpc) is 2.29. The second kappa shape index (κ2) is 6.33. The zero-order valence-corrected chi connectivity index (χ0v) is 13.1. The van der Waals surface area contributed by atoms with Crippen molar-refractivity contribution in [2.75, 3.05) is 6.54 Å². The van der Waals surface area contributed by atoms with Gasteiger partial charge in [-0.3, -0.25) is 4.79 Å². The largest absolute Gasteiger partial charge is 0.311 e. The number of rotatable bonds is 5. The standard InChI is InChI=1S/C17H27NO/c1-12(2)16(19)15(11-18-17(4,5)6)14-9-7-13(3)8-10-14/h7-10,12,15,18H,11H2,1-6H3/t15-/m1/s1. The molecule has 1 atom stereocenters. The Balaban J connectivity index is 2.92. The molecule has 0 unspecified atom stereocenters. The number of aryl methyl sites for hydroxylation is 1. The minimum atomic E-state index is -0.0557. The van der Waals surface area contributed by atoms with Gasteiger partial charge in [0, 0.05) is 18.0 Å². The van der Waals surface area contributed by atoms with Crippen molar-refractivity contribution in [3.8, 4) is 0 Å². The number of hydrogen-bond acceptors (Lipinski definition) is 2. The molecule has 1 rings (SSSR count). The summed E-state index contributed by atoms with van der Waals surface area (Å²) in [5, 5.41) is 3.45. The molecule has 1 aromatic rings. The summed E-state index contributed by atoms with van der Waals surface area (Å²) in [5.74, 6) is 0.313. The highest BCUT2D eigenvalue weighted by Gasteiger charge is 2.24. The third-order valence-electron chi connectivity index (χ3n) is 3.23. The van der Waals surface area contributed by atoms with E-state index in [1.54, 1.807) is 0 Å². The van der Waals surface area contributed by atoms with Gasteiger partial charge >= 0.3 is 0 Å². The van der Waals surface area contributed by atoms with Crippen molar-refractivity contribution in [2.24, 2.45) is 5.92 Å². The van der Waals surface area contributed by atoms with Crippen molar-refractivity contribution in [2.45, 2.75) is 53.0 Å². The van der Waals surface area contributed by atoms with Gasteiger partial charge in [-0.1, -0.05) is 43.7 Å². The Labute approximate surface area is 117 Å². The van der Waals surface area contributed by atoms with Gasteiger partial charge in [-0.05, 0) is 33.3 Å². The molecule has 0 amide bonds. The first-order valence-electron chi connectivity index (χ1n) is 7.06. The Morgan fingerprint density at radius 3 is 2.11 bits per heavy atom. The predicted molar refractivity (Wildman–Crippen MR) is 81.5 cm³/mol. The lowest BCUT2D eigenvalue weighted by Crippen LogP contribution is -2.40. The summed E-state index contributed by atoms with van der Waals surface area (Å²) < 4.78 is 0. The monoisotopic (exact) mass is 261 g/mol. The highest BCUT2D eigenvalue weighted by atomic mass is 16.1. The normalized spacial score (nSPS) is 13.6. The number of ketones is 1. The van der Waals surface area contributed by atoms with E-state index >= 15 is 0 Å². The Morgan fingerprint density at radius 1 is 1.16 bits per heavy atom. The first kappa shape index (κ1) is 15.9. The quantitative estimate of drug-likeness (QED) is 0.876. The van der Waals surface area contributed by atoms with Gasteiger partial charge in [0.25, 0.3) is 0 Å². The van der Waals surface area contributed by atoms with E-state index in [0.717, 1.165) is 5.56 Å². The van der Waals surface area contributed by atoms with Crippen LogP contribution in [0.3, 0.4) is 0 Å². The average molecular weight is 261 g/mol. The van der Waals surface area contributed by atoms with E-state index in [9.17, 15) is 4.79 Å². The maximum atomic E-state index is 12.4. The molecule has 0 spiro atoms. The van der Waals surface area contributed by atoms with E-state index in [1.165, 1.54) is 5.56 Å². The lowest BCUT2D eigenvalue weighted by Gasteiger charge is -2.26. The molecular weight excluding hydrogens is 234 g/mol. The number of carbonyl (C=O) groups is 1. The number of Topliss-reactive ketones (excluding diaryl/α,β-unsaturated/α-hetero) is 1. The minimum absolute atomic E-state index is 0.0280. The third kappa shape index (κ3) is 5.15. The highest BCUT2D eigenvalue weighted by Crippen LogP contribution is 2.21. The Hall–Kier alpha value is -1.15. The van der Waals surface area contributed by atoms with Crippen LogP contribution in [0.5, 0.6) is 0 Å².